The molecule has 0 atom stereocenters. The molecule has 0 spiro atoms. The highest BCUT2D eigenvalue weighted by Crippen LogP contribution is 2.03. The average Bonchev–Trinajstić information content (AvgIpc) is 2.45. The monoisotopic (exact) mass is 290 g/mol. The number of hydrogen-bond donors (Lipinski definition) is 2. The maximum absolute atomic E-state index is 12.0. The van der Waals surface area contributed by atoms with Crippen LogP contribution < -0.4 is 10.9 Å². The number of amides is 1. The topological polar surface area (TPSA) is 87.7 Å². The van der Waals surface area contributed by atoms with E-state index >= 15 is 0 Å². The molecule has 0 aliphatic heterocycles. The summed E-state index contributed by atoms with van der Waals surface area (Å²) < 4.78 is 0. The molecule has 0 bridgehead atoms. The van der Waals surface area contributed by atoms with Crippen LogP contribution in [-0.2, 0) is 12.3 Å². The maximum atomic E-state index is 12.0. The van der Waals surface area contributed by atoms with E-state index < -0.39 is 0 Å². The first-order valence-electron chi connectivity index (χ1n) is 5.95. The minimum atomic E-state index is -0.365. The van der Waals surface area contributed by atoms with Gasteiger partial charge in [0, 0.05) is 25.0 Å². The third kappa shape index (κ3) is 3.92. The molecule has 2 N–H and O–H groups in total. The van der Waals surface area contributed by atoms with Gasteiger partial charge < -0.3 is 10.3 Å². The molecule has 6 nitrogen and oxygen atoms in total. The highest BCUT2D eigenvalue weighted by molar-refractivity contribution is 7.97. The normalized spacial score (nSPS) is 10.2. The van der Waals surface area contributed by atoms with Gasteiger partial charge in [-0.05, 0) is 24.0 Å². The van der Waals surface area contributed by atoms with E-state index in [1.54, 1.807) is 12.4 Å². The van der Waals surface area contributed by atoms with Crippen LogP contribution in [0.5, 0.6) is 0 Å². The highest BCUT2D eigenvalue weighted by atomic mass is 32.2. The third-order valence-corrected chi connectivity index (χ3v) is 3.07. The van der Waals surface area contributed by atoms with Crippen LogP contribution in [0.2, 0.25) is 0 Å². The van der Waals surface area contributed by atoms with Crippen molar-refractivity contribution in [2.75, 3.05) is 6.26 Å². The molecule has 1 amide bonds. The van der Waals surface area contributed by atoms with Crippen molar-refractivity contribution in [3.63, 3.8) is 0 Å². The molecule has 0 radical (unpaired) electrons. The molecule has 2 aromatic rings. The molecule has 7 heteroatoms. The van der Waals surface area contributed by atoms with E-state index in [4.69, 9.17) is 0 Å². The van der Waals surface area contributed by atoms with Gasteiger partial charge in [0.15, 0.2) is 0 Å². The van der Waals surface area contributed by atoms with E-state index in [0.717, 1.165) is 5.56 Å². The fourth-order valence-electron chi connectivity index (χ4n) is 1.60. The second kappa shape index (κ2) is 6.85. The Morgan fingerprint density at radius 3 is 2.85 bits per heavy atom. The van der Waals surface area contributed by atoms with Crippen molar-refractivity contribution in [1.82, 2.24) is 20.3 Å². The quantitative estimate of drug-likeness (QED) is 0.856. The van der Waals surface area contributed by atoms with Crippen molar-refractivity contribution in [3.05, 3.63) is 58.0 Å². The number of nitrogens with zero attached hydrogens (tertiary/aromatic N) is 2. The van der Waals surface area contributed by atoms with Crippen molar-refractivity contribution >= 4 is 17.7 Å². The summed E-state index contributed by atoms with van der Waals surface area (Å²) in [7, 11) is 0. The first kappa shape index (κ1) is 14.3. The molecule has 2 aromatic heterocycles. The number of hydrogen-bond acceptors (Lipinski definition) is 5. The summed E-state index contributed by atoms with van der Waals surface area (Å²) >= 11 is 1.52. The van der Waals surface area contributed by atoms with E-state index in [-0.39, 0.29) is 17.2 Å². The summed E-state index contributed by atoms with van der Waals surface area (Å²) in [4.78, 5) is 34.1. The number of pyridine rings is 1. The van der Waals surface area contributed by atoms with Crippen LogP contribution in [0.1, 0.15) is 21.9 Å². The molecule has 2 heterocycles. The van der Waals surface area contributed by atoms with Gasteiger partial charge in [0.2, 0.25) is 0 Å². The lowest BCUT2D eigenvalue weighted by molar-refractivity contribution is 0.0945. The lowest BCUT2D eigenvalue weighted by Gasteiger charge is -2.05. The number of nitrogens with one attached hydrogen (secondary N) is 2. The lowest BCUT2D eigenvalue weighted by Crippen LogP contribution is -2.26. The highest BCUT2D eigenvalue weighted by Gasteiger charge is 2.09. The third-order valence-electron chi connectivity index (χ3n) is 2.51. The summed E-state index contributed by atoms with van der Waals surface area (Å²) in [5.41, 5.74) is 0.743. The van der Waals surface area contributed by atoms with Crippen LogP contribution in [0, 0.1) is 0 Å². The molecule has 0 aromatic carbocycles. The lowest BCUT2D eigenvalue weighted by atomic mass is 10.2. The van der Waals surface area contributed by atoms with Crippen LogP contribution in [0.3, 0.4) is 0 Å². The van der Waals surface area contributed by atoms with Gasteiger partial charge in [0.1, 0.15) is 11.5 Å². The Morgan fingerprint density at radius 1 is 1.40 bits per heavy atom. The van der Waals surface area contributed by atoms with Gasteiger partial charge in [-0.1, -0.05) is 0 Å². The molecule has 0 saturated carbocycles. The number of aromatic nitrogens is 3. The zero-order valence-electron chi connectivity index (χ0n) is 10.9. The number of H-pyrrole nitrogens is 1. The largest absolute Gasteiger partial charge is 0.347 e. The number of rotatable bonds is 5. The number of thioether (sulfide) groups is 1. The maximum Gasteiger partial charge on any atom is 0.270 e. The SMILES string of the molecule is CSCc1nc(C(=O)NCc2ccncc2)cc(=O)[nH]1. The molecule has 0 aliphatic rings. The second-order valence-electron chi connectivity index (χ2n) is 4.05. The Labute approximate surface area is 120 Å². The smallest absolute Gasteiger partial charge is 0.270 e. The van der Waals surface area contributed by atoms with Crippen molar-refractivity contribution in [2.24, 2.45) is 0 Å². The molecular weight excluding hydrogens is 276 g/mol. The van der Waals surface area contributed by atoms with Crippen molar-refractivity contribution in [1.29, 1.82) is 0 Å². The Morgan fingerprint density at radius 2 is 2.15 bits per heavy atom. The predicted octanol–water partition coefficient (Wildman–Crippen LogP) is 0.958. The zero-order chi connectivity index (χ0) is 14.4. The first-order chi connectivity index (χ1) is 9.69. The minimum absolute atomic E-state index is 0.131. The number of aromatic amines is 1. The molecule has 0 saturated heterocycles. The Bertz CT molecular complexity index is 642. The van der Waals surface area contributed by atoms with Gasteiger partial charge in [0.25, 0.3) is 11.5 Å². The van der Waals surface area contributed by atoms with Gasteiger partial charge in [-0.2, -0.15) is 11.8 Å². The van der Waals surface area contributed by atoms with Crippen LogP contribution in [-0.4, -0.2) is 27.1 Å². The number of carbonyl (C=O) groups is 1. The number of carbonyl (C=O) groups excluding carboxylic acids is 1. The van der Waals surface area contributed by atoms with E-state index in [2.05, 4.69) is 20.3 Å². The average molecular weight is 290 g/mol. The predicted molar refractivity (Wildman–Crippen MR) is 77.5 cm³/mol. The summed E-state index contributed by atoms with van der Waals surface area (Å²) in [6, 6.07) is 4.82. The van der Waals surface area contributed by atoms with E-state index in [0.29, 0.717) is 18.1 Å². The van der Waals surface area contributed by atoms with Gasteiger partial charge in [-0.15, -0.1) is 0 Å². The van der Waals surface area contributed by atoms with Gasteiger partial charge in [-0.25, -0.2) is 4.98 Å². The summed E-state index contributed by atoms with van der Waals surface area (Å²) in [6.07, 6.45) is 5.21. The van der Waals surface area contributed by atoms with Crippen LogP contribution >= 0.6 is 11.8 Å². The van der Waals surface area contributed by atoms with E-state index in [1.807, 2.05) is 18.4 Å². The summed E-state index contributed by atoms with van der Waals surface area (Å²) in [5, 5.41) is 2.72. The van der Waals surface area contributed by atoms with Crippen LogP contribution in [0.15, 0.2) is 35.4 Å². The van der Waals surface area contributed by atoms with E-state index in [1.165, 1.54) is 17.8 Å². The standard InChI is InChI=1S/C13H14N4O2S/c1-20-8-11-16-10(6-12(18)17-11)13(19)15-7-9-2-4-14-5-3-9/h2-6H,7-8H2,1H3,(H,15,19)(H,16,17,18). The second-order valence-corrected chi connectivity index (χ2v) is 4.91. The van der Waals surface area contributed by atoms with Gasteiger partial charge >= 0.3 is 0 Å². The van der Waals surface area contributed by atoms with Crippen molar-refractivity contribution in [2.45, 2.75) is 12.3 Å². The van der Waals surface area contributed by atoms with E-state index in [9.17, 15) is 9.59 Å². The van der Waals surface area contributed by atoms with Crippen LogP contribution in [0.4, 0.5) is 0 Å². The Hall–Kier alpha value is -2.15. The zero-order valence-corrected chi connectivity index (χ0v) is 11.7. The molecule has 20 heavy (non-hydrogen) atoms. The van der Waals surface area contributed by atoms with Crippen molar-refractivity contribution < 1.29 is 4.79 Å². The Balaban J connectivity index is 2.07. The summed E-state index contributed by atoms with van der Waals surface area (Å²) in [6.45, 7) is 0.369. The van der Waals surface area contributed by atoms with Gasteiger partial charge in [0.05, 0.1) is 5.75 Å². The molecule has 0 aliphatic carbocycles. The molecular formula is C13H14N4O2S. The summed E-state index contributed by atoms with van der Waals surface area (Å²) in [5.74, 6) is 0.690. The molecule has 0 fully saturated rings. The fraction of sp³-hybridized carbons (Fsp3) is 0.231. The first-order valence-corrected chi connectivity index (χ1v) is 7.34. The molecule has 2 rings (SSSR count). The Kier molecular flexibility index (Phi) is 4.89. The van der Waals surface area contributed by atoms with Gasteiger partial charge in [-0.3, -0.25) is 14.6 Å². The van der Waals surface area contributed by atoms with Crippen molar-refractivity contribution in [3.8, 4) is 0 Å². The molecule has 104 valence electrons. The van der Waals surface area contributed by atoms with Crippen LogP contribution in [0.25, 0.3) is 0 Å². The minimum Gasteiger partial charge on any atom is -0.347 e. The molecule has 0 unspecified atom stereocenters. The fourth-order valence-corrected chi connectivity index (χ4v) is 2.01.